The number of carbonyl (C=O) groups is 3. The van der Waals surface area contributed by atoms with Crippen molar-refractivity contribution in [1.82, 2.24) is 20.0 Å². The molecule has 5 rings (SSSR count). The summed E-state index contributed by atoms with van der Waals surface area (Å²) < 4.78 is 48.1. The van der Waals surface area contributed by atoms with Crippen molar-refractivity contribution in [2.45, 2.75) is 18.6 Å². The Hall–Kier alpha value is -4.38. The number of furan rings is 1. The van der Waals surface area contributed by atoms with Gasteiger partial charge in [-0.2, -0.15) is 18.3 Å². The van der Waals surface area contributed by atoms with Gasteiger partial charge in [-0.1, -0.05) is 30.3 Å². The van der Waals surface area contributed by atoms with Crippen LogP contribution in [0.3, 0.4) is 0 Å². The minimum Gasteiger partial charge on any atom is -0.439 e. The maximum atomic E-state index is 13.7. The van der Waals surface area contributed by atoms with Gasteiger partial charge in [0, 0.05) is 25.9 Å². The van der Waals surface area contributed by atoms with E-state index in [0.717, 1.165) is 11.0 Å². The lowest BCUT2D eigenvalue weighted by molar-refractivity contribution is -0.138. The van der Waals surface area contributed by atoms with Gasteiger partial charge in [-0.3, -0.25) is 24.0 Å². The SMILES string of the molecule is Cn1nccc1-c1cc(C(=O)NC(Cc2ccccc2C(F)(F)F)CN2C(=O)c3ccccc3C2=O)oc1Cl. The van der Waals surface area contributed by atoms with Crippen LogP contribution in [0.5, 0.6) is 0 Å². The maximum Gasteiger partial charge on any atom is 0.416 e. The molecule has 0 spiro atoms. The Morgan fingerprint density at radius 3 is 2.28 bits per heavy atom. The molecular formula is C27H20ClF3N4O4. The number of carbonyl (C=O) groups excluding carboxylic acids is 3. The van der Waals surface area contributed by atoms with E-state index in [2.05, 4.69) is 10.4 Å². The molecule has 12 heteroatoms. The number of amides is 3. The van der Waals surface area contributed by atoms with Crippen molar-refractivity contribution in [2.24, 2.45) is 7.05 Å². The molecule has 1 N–H and O–H groups in total. The second kappa shape index (κ2) is 10.1. The number of nitrogens with one attached hydrogen (secondary N) is 1. The summed E-state index contributed by atoms with van der Waals surface area (Å²) in [7, 11) is 1.68. The second-order valence-electron chi connectivity index (χ2n) is 8.93. The van der Waals surface area contributed by atoms with Gasteiger partial charge in [0.2, 0.25) is 5.22 Å². The third-order valence-corrected chi connectivity index (χ3v) is 6.69. The molecule has 0 saturated heterocycles. The molecule has 4 aromatic rings. The van der Waals surface area contributed by atoms with Crippen LogP contribution in [0.1, 0.15) is 42.4 Å². The van der Waals surface area contributed by atoms with E-state index in [0.29, 0.717) is 11.3 Å². The van der Waals surface area contributed by atoms with Crippen LogP contribution >= 0.6 is 11.6 Å². The Bertz CT molecular complexity index is 1560. The van der Waals surface area contributed by atoms with Crippen LogP contribution in [-0.4, -0.2) is 45.0 Å². The van der Waals surface area contributed by atoms with Gasteiger partial charge in [0.05, 0.1) is 34.0 Å². The number of aromatic nitrogens is 2. The molecule has 0 radical (unpaired) electrons. The van der Waals surface area contributed by atoms with Crippen molar-refractivity contribution >= 4 is 29.3 Å². The first-order valence-corrected chi connectivity index (χ1v) is 12.1. The minimum atomic E-state index is -4.65. The van der Waals surface area contributed by atoms with Crippen molar-refractivity contribution in [3.63, 3.8) is 0 Å². The van der Waals surface area contributed by atoms with Gasteiger partial charge in [-0.15, -0.1) is 0 Å². The minimum absolute atomic E-state index is 0.0805. The molecule has 2 aromatic heterocycles. The van der Waals surface area contributed by atoms with Gasteiger partial charge >= 0.3 is 6.18 Å². The van der Waals surface area contributed by atoms with Crippen LogP contribution in [-0.2, 0) is 19.6 Å². The first-order chi connectivity index (χ1) is 18.5. The number of benzene rings is 2. The van der Waals surface area contributed by atoms with Crippen LogP contribution in [0, 0.1) is 0 Å². The van der Waals surface area contributed by atoms with Crippen molar-refractivity contribution in [3.8, 4) is 11.3 Å². The topological polar surface area (TPSA) is 97.4 Å². The fraction of sp³-hybridized carbons (Fsp3) is 0.185. The van der Waals surface area contributed by atoms with Gasteiger partial charge in [0.1, 0.15) is 0 Å². The van der Waals surface area contributed by atoms with Crippen LogP contribution in [0.2, 0.25) is 5.22 Å². The molecule has 39 heavy (non-hydrogen) atoms. The standard InChI is InChI=1S/C27H20ClF3N4O4/c1-34-21(10-11-32-34)19-13-22(39-23(19)28)24(36)33-16(12-15-6-2-5-9-20(15)27(29,30)31)14-35-25(37)17-7-3-4-8-18(17)26(35)38/h2-11,13,16H,12,14H2,1H3,(H,33,36). The number of nitrogens with zero attached hydrogens (tertiary/aromatic N) is 3. The number of alkyl halides is 3. The van der Waals surface area contributed by atoms with Crippen LogP contribution in [0.4, 0.5) is 13.2 Å². The number of halogens is 4. The summed E-state index contributed by atoms with van der Waals surface area (Å²) in [5.41, 5.74) is 0.334. The molecule has 1 atom stereocenters. The van der Waals surface area contributed by atoms with E-state index in [1.807, 2.05) is 0 Å². The zero-order chi connectivity index (χ0) is 27.9. The Kier molecular flexibility index (Phi) is 6.77. The van der Waals surface area contributed by atoms with Gasteiger partial charge in [-0.05, 0) is 47.9 Å². The Balaban J connectivity index is 1.45. The van der Waals surface area contributed by atoms with E-state index in [1.165, 1.54) is 47.3 Å². The summed E-state index contributed by atoms with van der Waals surface area (Å²) in [6.45, 7) is -0.368. The average molecular weight is 557 g/mol. The third-order valence-electron chi connectivity index (χ3n) is 6.41. The van der Waals surface area contributed by atoms with Gasteiger partial charge in [0.25, 0.3) is 17.7 Å². The molecule has 8 nitrogen and oxygen atoms in total. The summed E-state index contributed by atoms with van der Waals surface area (Å²) in [5, 5.41) is 6.60. The van der Waals surface area contributed by atoms with E-state index in [1.54, 1.807) is 25.2 Å². The fourth-order valence-electron chi connectivity index (χ4n) is 4.58. The number of aryl methyl sites for hydroxylation is 1. The highest BCUT2D eigenvalue weighted by Gasteiger charge is 2.38. The Morgan fingerprint density at radius 1 is 1.03 bits per heavy atom. The summed E-state index contributed by atoms with van der Waals surface area (Å²) in [5.74, 6) is -2.18. The zero-order valence-electron chi connectivity index (χ0n) is 20.3. The van der Waals surface area contributed by atoms with E-state index in [-0.39, 0.29) is 40.6 Å². The molecule has 0 saturated carbocycles. The maximum absolute atomic E-state index is 13.7. The van der Waals surface area contributed by atoms with Gasteiger partial charge in [-0.25, -0.2) is 0 Å². The van der Waals surface area contributed by atoms with E-state index >= 15 is 0 Å². The van der Waals surface area contributed by atoms with E-state index in [9.17, 15) is 27.6 Å². The molecule has 3 heterocycles. The number of fused-ring (bicyclic) bond motifs is 1. The molecule has 0 aliphatic carbocycles. The first-order valence-electron chi connectivity index (χ1n) is 11.7. The number of hydrogen-bond donors (Lipinski definition) is 1. The predicted octanol–water partition coefficient (Wildman–Crippen LogP) is 4.99. The molecule has 1 aliphatic rings. The highest BCUT2D eigenvalue weighted by Crippen LogP contribution is 2.33. The monoisotopic (exact) mass is 556 g/mol. The third kappa shape index (κ3) is 5.05. The normalized spacial score (nSPS) is 14.0. The van der Waals surface area contributed by atoms with Crippen molar-refractivity contribution in [1.29, 1.82) is 0 Å². The summed E-state index contributed by atoms with van der Waals surface area (Å²) in [4.78, 5) is 40.0. The van der Waals surface area contributed by atoms with Crippen LogP contribution in [0.25, 0.3) is 11.3 Å². The van der Waals surface area contributed by atoms with Crippen molar-refractivity contribution in [3.05, 3.63) is 100 Å². The Morgan fingerprint density at radius 2 is 1.67 bits per heavy atom. The molecule has 1 unspecified atom stereocenters. The van der Waals surface area contributed by atoms with E-state index in [4.69, 9.17) is 16.0 Å². The van der Waals surface area contributed by atoms with Crippen LogP contribution in [0.15, 0.2) is 71.3 Å². The number of imide groups is 1. The predicted molar refractivity (Wildman–Crippen MR) is 134 cm³/mol. The lowest BCUT2D eigenvalue weighted by Crippen LogP contribution is -2.47. The quantitative estimate of drug-likeness (QED) is 0.324. The fourth-order valence-corrected chi connectivity index (χ4v) is 4.81. The first kappa shape index (κ1) is 26.2. The zero-order valence-corrected chi connectivity index (χ0v) is 21.1. The lowest BCUT2D eigenvalue weighted by atomic mass is 9.99. The van der Waals surface area contributed by atoms with Crippen molar-refractivity contribution < 1.29 is 32.0 Å². The molecule has 1 aliphatic heterocycles. The summed E-state index contributed by atoms with van der Waals surface area (Å²) in [6, 6.07) is 13.1. The van der Waals surface area contributed by atoms with Gasteiger partial charge < -0.3 is 9.73 Å². The Labute approximate surface area is 225 Å². The molecule has 0 bridgehead atoms. The summed E-state index contributed by atoms with van der Waals surface area (Å²) in [6.07, 6.45) is -3.43. The average Bonchev–Trinajstić information content (AvgIpc) is 3.56. The number of rotatable bonds is 7. The number of hydrogen-bond acceptors (Lipinski definition) is 5. The van der Waals surface area contributed by atoms with Crippen molar-refractivity contribution in [2.75, 3.05) is 6.54 Å². The lowest BCUT2D eigenvalue weighted by Gasteiger charge is -2.25. The molecule has 3 amide bonds. The van der Waals surface area contributed by atoms with Gasteiger partial charge in [0.15, 0.2) is 5.76 Å². The highest BCUT2D eigenvalue weighted by molar-refractivity contribution is 6.31. The van der Waals surface area contributed by atoms with Crippen LogP contribution < -0.4 is 5.32 Å². The largest absolute Gasteiger partial charge is 0.439 e. The smallest absolute Gasteiger partial charge is 0.416 e. The highest BCUT2D eigenvalue weighted by atomic mass is 35.5. The molecule has 200 valence electrons. The molecular weight excluding hydrogens is 537 g/mol. The molecule has 0 fully saturated rings. The second-order valence-corrected chi connectivity index (χ2v) is 9.28. The molecule has 2 aromatic carbocycles. The van der Waals surface area contributed by atoms with E-state index < -0.39 is 35.5 Å². The summed E-state index contributed by atoms with van der Waals surface area (Å²) >= 11 is 6.21.